The first kappa shape index (κ1) is 16.6. The summed E-state index contributed by atoms with van der Waals surface area (Å²) in [5.41, 5.74) is 0. The van der Waals surface area contributed by atoms with Crippen molar-refractivity contribution in [3.8, 4) is 0 Å². The summed E-state index contributed by atoms with van der Waals surface area (Å²) in [6.45, 7) is 8.39. The second kappa shape index (κ2) is 9.27. The molecule has 0 aromatic carbocycles. The molecule has 7 heteroatoms. The summed E-state index contributed by atoms with van der Waals surface area (Å²) in [6.07, 6.45) is 0.267. The molecule has 0 aromatic heterocycles. The summed E-state index contributed by atoms with van der Waals surface area (Å²) >= 11 is 1.98. The second-order valence-electron chi connectivity index (χ2n) is 5.05. The van der Waals surface area contributed by atoms with Gasteiger partial charge in [0.15, 0.2) is 0 Å². The van der Waals surface area contributed by atoms with E-state index < -0.39 is 6.09 Å². The maximum absolute atomic E-state index is 11.8. The molecule has 0 saturated carbocycles. The van der Waals surface area contributed by atoms with Crippen LogP contribution in [0.5, 0.6) is 0 Å². The third kappa shape index (κ3) is 5.84. The Bertz CT molecular complexity index is 353. The van der Waals surface area contributed by atoms with Crippen molar-refractivity contribution < 1.29 is 14.3 Å². The van der Waals surface area contributed by atoms with Crippen molar-refractivity contribution in [3.63, 3.8) is 0 Å². The number of hydrogen-bond acceptors (Lipinski definition) is 5. The number of hydrogen-bond donors (Lipinski definition) is 0. The Kier molecular flexibility index (Phi) is 7.32. The number of rotatable bonds is 4. The highest BCUT2D eigenvalue weighted by atomic mass is 32.2. The van der Waals surface area contributed by atoms with Gasteiger partial charge < -0.3 is 14.4 Å². The Morgan fingerprint density at radius 2 is 1.95 bits per heavy atom. The highest BCUT2D eigenvalue weighted by molar-refractivity contribution is 7.99. The van der Waals surface area contributed by atoms with Crippen molar-refractivity contribution >= 4 is 23.7 Å². The molecule has 6 nitrogen and oxygen atoms in total. The van der Waals surface area contributed by atoms with Gasteiger partial charge in [0.05, 0.1) is 13.2 Å². The van der Waals surface area contributed by atoms with Gasteiger partial charge in [-0.05, 0) is 0 Å². The number of ether oxygens (including phenoxy) is 2. The SMILES string of the molecule is CC/C(=N/C(=O)OCCN1CCSCC1)N1CCOCC1. The minimum atomic E-state index is -0.468. The predicted octanol–water partition coefficient (Wildman–Crippen LogP) is 1.31. The lowest BCUT2D eigenvalue weighted by molar-refractivity contribution is 0.0669. The first-order valence-electron chi connectivity index (χ1n) is 7.66. The third-order valence-corrected chi connectivity index (χ3v) is 4.59. The van der Waals surface area contributed by atoms with E-state index in [1.54, 1.807) is 0 Å². The average molecular weight is 315 g/mol. The largest absolute Gasteiger partial charge is 0.447 e. The van der Waals surface area contributed by atoms with E-state index in [1.807, 2.05) is 18.7 Å². The molecule has 2 fully saturated rings. The molecule has 0 aliphatic carbocycles. The summed E-state index contributed by atoms with van der Waals surface area (Å²) in [4.78, 5) is 20.3. The molecule has 21 heavy (non-hydrogen) atoms. The fourth-order valence-corrected chi connectivity index (χ4v) is 3.40. The highest BCUT2D eigenvalue weighted by Crippen LogP contribution is 2.08. The smallest absolute Gasteiger partial charge is 0.435 e. The molecule has 0 atom stereocenters. The molecule has 0 radical (unpaired) electrons. The molecule has 2 heterocycles. The maximum Gasteiger partial charge on any atom is 0.435 e. The zero-order chi connectivity index (χ0) is 14.9. The van der Waals surface area contributed by atoms with Gasteiger partial charge in [0.2, 0.25) is 0 Å². The van der Waals surface area contributed by atoms with Crippen LogP contribution in [0.25, 0.3) is 0 Å². The molecule has 0 bridgehead atoms. The van der Waals surface area contributed by atoms with Crippen LogP contribution in [0.1, 0.15) is 13.3 Å². The second-order valence-corrected chi connectivity index (χ2v) is 6.27. The standard InChI is InChI=1S/C14H25N3O3S/c1-2-13(17-4-8-19-9-5-17)15-14(18)20-10-3-16-6-11-21-12-7-16/h2-12H2,1H3/b15-13-. The Hall–Kier alpha value is -0.790. The predicted molar refractivity (Wildman–Crippen MR) is 85.2 cm³/mol. The zero-order valence-electron chi connectivity index (χ0n) is 12.8. The topological polar surface area (TPSA) is 54.4 Å². The third-order valence-electron chi connectivity index (χ3n) is 3.65. The number of aliphatic imine (C=N–C) groups is 1. The molecule has 2 rings (SSSR count). The molecule has 2 aliphatic rings. The first-order chi connectivity index (χ1) is 10.3. The van der Waals surface area contributed by atoms with E-state index >= 15 is 0 Å². The van der Waals surface area contributed by atoms with Crippen LogP contribution < -0.4 is 0 Å². The maximum atomic E-state index is 11.8. The minimum Gasteiger partial charge on any atom is -0.447 e. The van der Waals surface area contributed by atoms with Crippen LogP contribution in [0.3, 0.4) is 0 Å². The van der Waals surface area contributed by atoms with Crippen molar-refractivity contribution in [1.29, 1.82) is 0 Å². The molecule has 2 aliphatic heterocycles. The van der Waals surface area contributed by atoms with E-state index in [0.29, 0.717) is 19.8 Å². The fourth-order valence-electron chi connectivity index (χ4n) is 2.42. The van der Waals surface area contributed by atoms with E-state index in [2.05, 4.69) is 14.8 Å². The van der Waals surface area contributed by atoms with Crippen molar-refractivity contribution in [2.75, 3.05) is 64.1 Å². The van der Waals surface area contributed by atoms with Crippen LogP contribution >= 0.6 is 11.8 Å². The van der Waals surface area contributed by atoms with Crippen LogP contribution in [-0.4, -0.2) is 85.8 Å². The van der Waals surface area contributed by atoms with E-state index in [1.165, 1.54) is 11.5 Å². The number of amides is 1. The molecular weight excluding hydrogens is 290 g/mol. The van der Waals surface area contributed by atoms with Crippen molar-refractivity contribution in [1.82, 2.24) is 9.80 Å². The van der Waals surface area contributed by atoms with Gasteiger partial charge in [0.1, 0.15) is 12.4 Å². The minimum absolute atomic E-state index is 0.424. The summed E-state index contributed by atoms with van der Waals surface area (Å²) in [7, 11) is 0. The van der Waals surface area contributed by atoms with Gasteiger partial charge in [-0.1, -0.05) is 6.92 Å². The Labute approximate surface area is 130 Å². The number of carbonyl (C=O) groups is 1. The van der Waals surface area contributed by atoms with Crippen LogP contribution in [0.2, 0.25) is 0 Å². The molecule has 0 N–H and O–H groups in total. The molecule has 0 aromatic rings. The van der Waals surface area contributed by atoms with Gasteiger partial charge in [-0.2, -0.15) is 16.8 Å². The van der Waals surface area contributed by atoms with Crippen LogP contribution in [0.15, 0.2) is 4.99 Å². The van der Waals surface area contributed by atoms with E-state index in [9.17, 15) is 4.79 Å². The molecule has 120 valence electrons. The Morgan fingerprint density at radius 3 is 2.62 bits per heavy atom. The lowest BCUT2D eigenvalue weighted by Gasteiger charge is -2.29. The summed E-state index contributed by atoms with van der Waals surface area (Å²) in [6, 6.07) is 0. The molecule has 1 amide bonds. The van der Waals surface area contributed by atoms with E-state index in [4.69, 9.17) is 9.47 Å². The van der Waals surface area contributed by atoms with Crippen molar-refractivity contribution in [2.24, 2.45) is 4.99 Å². The van der Waals surface area contributed by atoms with Crippen LogP contribution in [0, 0.1) is 0 Å². The van der Waals surface area contributed by atoms with Gasteiger partial charge in [-0.3, -0.25) is 4.90 Å². The Morgan fingerprint density at radius 1 is 1.24 bits per heavy atom. The van der Waals surface area contributed by atoms with Gasteiger partial charge >= 0.3 is 6.09 Å². The number of thioether (sulfide) groups is 1. The van der Waals surface area contributed by atoms with Crippen LogP contribution in [0.4, 0.5) is 4.79 Å². The van der Waals surface area contributed by atoms with E-state index in [0.717, 1.165) is 45.0 Å². The molecule has 0 spiro atoms. The number of morpholine rings is 1. The fraction of sp³-hybridized carbons (Fsp3) is 0.857. The summed E-state index contributed by atoms with van der Waals surface area (Å²) in [5.74, 6) is 3.14. The van der Waals surface area contributed by atoms with Gasteiger partial charge in [0, 0.05) is 50.7 Å². The number of nitrogens with zero attached hydrogens (tertiary/aromatic N) is 3. The van der Waals surface area contributed by atoms with Gasteiger partial charge in [-0.15, -0.1) is 0 Å². The monoisotopic (exact) mass is 315 g/mol. The van der Waals surface area contributed by atoms with Gasteiger partial charge in [0.25, 0.3) is 0 Å². The molecule has 2 saturated heterocycles. The zero-order valence-corrected chi connectivity index (χ0v) is 13.6. The molecular formula is C14H25N3O3S. The normalized spacial score (nSPS) is 21.4. The average Bonchev–Trinajstić information content (AvgIpc) is 2.54. The summed E-state index contributed by atoms with van der Waals surface area (Å²) in [5, 5.41) is 0. The van der Waals surface area contributed by atoms with Crippen molar-refractivity contribution in [3.05, 3.63) is 0 Å². The Balaban J connectivity index is 1.71. The molecule has 0 unspecified atom stereocenters. The van der Waals surface area contributed by atoms with E-state index in [-0.39, 0.29) is 0 Å². The lowest BCUT2D eigenvalue weighted by Crippen LogP contribution is -2.41. The summed E-state index contributed by atoms with van der Waals surface area (Å²) < 4.78 is 10.5. The van der Waals surface area contributed by atoms with Gasteiger partial charge in [-0.25, -0.2) is 4.79 Å². The highest BCUT2D eigenvalue weighted by Gasteiger charge is 2.16. The van der Waals surface area contributed by atoms with Crippen molar-refractivity contribution in [2.45, 2.75) is 13.3 Å². The first-order valence-corrected chi connectivity index (χ1v) is 8.82. The quantitative estimate of drug-likeness (QED) is 0.576. The number of amidine groups is 1. The number of carbonyl (C=O) groups excluding carboxylic acids is 1. The lowest BCUT2D eigenvalue weighted by atomic mass is 10.3. The van der Waals surface area contributed by atoms with Crippen LogP contribution in [-0.2, 0) is 9.47 Å².